The van der Waals surface area contributed by atoms with Crippen LogP contribution in [0.15, 0.2) is 24.3 Å². The number of ether oxygens (including phenoxy) is 1. The van der Waals surface area contributed by atoms with Gasteiger partial charge in [-0.2, -0.15) is 0 Å². The normalized spacial score (nSPS) is 14.2. The van der Waals surface area contributed by atoms with Gasteiger partial charge < -0.3 is 15.8 Å². The molecule has 0 amide bonds. The highest BCUT2D eigenvalue weighted by Crippen LogP contribution is 2.18. The molecule has 0 fully saturated rings. The van der Waals surface area contributed by atoms with E-state index in [1.165, 1.54) is 5.56 Å². The Labute approximate surface area is 111 Å². The van der Waals surface area contributed by atoms with E-state index in [4.69, 9.17) is 10.5 Å². The molecule has 102 valence electrons. The predicted octanol–water partition coefficient (Wildman–Crippen LogP) is 2.86. The molecule has 0 aliphatic rings. The number of benzene rings is 1. The minimum atomic E-state index is 0.222. The minimum absolute atomic E-state index is 0.222. The molecule has 18 heavy (non-hydrogen) atoms. The first kappa shape index (κ1) is 15.0. The second-order valence-corrected chi connectivity index (χ2v) is 4.68. The van der Waals surface area contributed by atoms with Crippen molar-refractivity contribution in [3.63, 3.8) is 0 Å². The molecular weight excluding hydrogens is 224 g/mol. The third kappa shape index (κ3) is 4.67. The van der Waals surface area contributed by atoms with E-state index in [0.29, 0.717) is 12.6 Å². The van der Waals surface area contributed by atoms with Gasteiger partial charge >= 0.3 is 0 Å². The maximum atomic E-state index is 5.83. The highest BCUT2D eigenvalue weighted by molar-refractivity contribution is 5.29. The van der Waals surface area contributed by atoms with Crippen molar-refractivity contribution in [2.24, 2.45) is 5.73 Å². The number of hydrogen-bond acceptors (Lipinski definition) is 3. The summed E-state index contributed by atoms with van der Waals surface area (Å²) in [5.41, 5.74) is 7.06. The van der Waals surface area contributed by atoms with Gasteiger partial charge in [0.15, 0.2) is 0 Å². The number of hydrogen-bond donors (Lipinski definition) is 2. The van der Waals surface area contributed by atoms with Crippen molar-refractivity contribution >= 4 is 0 Å². The predicted molar refractivity (Wildman–Crippen MR) is 76.9 cm³/mol. The standard InChI is InChI=1S/C15H26N2O/c1-4-10-18-14-8-6-13(7-9-14)15(11-16)17-12(3)5-2/h6-9,12,15,17H,4-5,10-11,16H2,1-3H3. The van der Waals surface area contributed by atoms with Crippen molar-refractivity contribution in [2.45, 2.75) is 45.7 Å². The summed E-state index contributed by atoms with van der Waals surface area (Å²) < 4.78 is 5.57. The molecule has 2 atom stereocenters. The molecule has 0 aliphatic heterocycles. The molecular formula is C15H26N2O. The van der Waals surface area contributed by atoms with E-state index in [-0.39, 0.29) is 6.04 Å². The molecule has 0 bridgehead atoms. The van der Waals surface area contributed by atoms with Crippen LogP contribution in [0.4, 0.5) is 0 Å². The molecule has 1 aromatic carbocycles. The Morgan fingerprint density at radius 1 is 1.22 bits per heavy atom. The zero-order chi connectivity index (χ0) is 13.4. The minimum Gasteiger partial charge on any atom is -0.494 e. The van der Waals surface area contributed by atoms with Gasteiger partial charge in [0.25, 0.3) is 0 Å². The van der Waals surface area contributed by atoms with E-state index in [2.05, 4.69) is 38.2 Å². The summed E-state index contributed by atoms with van der Waals surface area (Å²) in [5.74, 6) is 0.930. The Hall–Kier alpha value is -1.06. The first-order valence-corrected chi connectivity index (χ1v) is 6.90. The zero-order valence-corrected chi connectivity index (χ0v) is 11.8. The molecule has 3 heteroatoms. The Morgan fingerprint density at radius 2 is 1.89 bits per heavy atom. The van der Waals surface area contributed by atoms with Crippen molar-refractivity contribution in [1.29, 1.82) is 0 Å². The Bertz CT molecular complexity index is 324. The van der Waals surface area contributed by atoms with Gasteiger partial charge in [0.2, 0.25) is 0 Å². The fourth-order valence-corrected chi connectivity index (χ4v) is 1.78. The maximum absolute atomic E-state index is 5.83. The summed E-state index contributed by atoms with van der Waals surface area (Å²) in [4.78, 5) is 0. The third-order valence-electron chi connectivity index (χ3n) is 3.09. The van der Waals surface area contributed by atoms with Crippen LogP contribution in [-0.2, 0) is 0 Å². The molecule has 2 unspecified atom stereocenters. The van der Waals surface area contributed by atoms with Gasteiger partial charge in [0.1, 0.15) is 5.75 Å². The van der Waals surface area contributed by atoms with Crippen LogP contribution in [0.3, 0.4) is 0 Å². The van der Waals surface area contributed by atoms with Gasteiger partial charge in [0.05, 0.1) is 6.61 Å². The monoisotopic (exact) mass is 250 g/mol. The molecule has 0 saturated heterocycles. The molecule has 0 aromatic heterocycles. The quantitative estimate of drug-likeness (QED) is 0.746. The van der Waals surface area contributed by atoms with E-state index in [0.717, 1.165) is 25.2 Å². The fourth-order valence-electron chi connectivity index (χ4n) is 1.78. The lowest BCUT2D eigenvalue weighted by atomic mass is 10.1. The van der Waals surface area contributed by atoms with Crippen LogP contribution in [0.25, 0.3) is 0 Å². The third-order valence-corrected chi connectivity index (χ3v) is 3.09. The van der Waals surface area contributed by atoms with Crippen LogP contribution in [0, 0.1) is 0 Å². The number of rotatable bonds is 8. The SMILES string of the molecule is CCCOc1ccc(C(CN)NC(C)CC)cc1. The van der Waals surface area contributed by atoms with E-state index in [1.54, 1.807) is 0 Å². The van der Waals surface area contributed by atoms with E-state index in [1.807, 2.05) is 12.1 Å². The van der Waals surface area contributed by atoms with Crippen molar-refractivity contribution in [2.75, 3.05) is 13.2 Å². The summed E-state index contributed by atoms with van der Waals surface area (Å²) in [6, 6.07) is 8.93. The zero-order valence-electron chi connectivity index (χ0n) is 11.8. The first-order valence-electron chi connectivity index (χ1n) is 6.90. The largest absolute Gasteiger partial charge is 0.494 e. The lowest BCUT2D eigenvalue weighted by Gasteiger charge is -2.21. The topological polar surface area (TPSA) is 47.3 Å². The van der Waals surface area contributed by atoms with Gasteiger partial charge in [-0.3, -0.25) is 0 Å². The molecule has 0 saturated carbocycles. The van der Waals surface area contributed by atoms with Crippen LogP contribution < -0.4 is 15.8 Å². The van der Waals surface area contributed by atoms with Gasteiger partial charge in [-0.05, 0) is 37.5 Å². The highest BCUT2D eigenvalue weighted by atomic mass is 16.5. The molecule has 0 aliphatic carbocycles. The van der Waals surface area contributed by atoms with Crippen molar-refractivity contribution < 1.29 is 4.74 Å². The van der Waals surface area contributed by atoms with E-state index in [9.17, 15) is 0 Å². The van der Waals surface area contributed by atoms with Gasteiger partial charge in [-0.15, -0.1) is 0 Å². The first-order chi connectivity index (χ1) is 8.71. The summed E-state index contributed by atoms with van der Waals surface area (Å²) in [7, 11) is 0. The molecule has 1 aromatic rings. The Balaban J connectivity index is 2.63. The Kier molecular flexibility index (Phi) is 6.76. The maximum Gasteiger partial charge on any atom is 0.119 e. The molecule has 0 heterocycles. The lowest BCUT2D eigenvalue weighted by Crippen LogP contribution is -2.34. The van der Waals surface area contributed by atoms with Gasteiger partial charge in [-0.25, -0.2) is 0 Å². The molecule has 3 nitrogen and oxygen atoms in total. The second-order valence-electron chi connectivity index (χ2n) is 4.68. The smallest absolute Gasteiger partial charge is 0.119 e. The molecule has 0 radical (unpaired) electrons. The summed E-state index contributed by atoms with van der Waals surface area (Å²) in [6.45, 7) is 7.84. The summed E-state index contributed by atoms with van der Waals surface area (Å²) >= 11 is 0. The summed E-state index contributed by atoms with van der Waals surface area (Å²) in [6.07, 6.45) is 2.14. The van der Waals surface area contributed by atoms with Gasteiger partial charge in [-0.1, -0.05) is 26.0 Å². The lowest BCUT2D eigenvalue weighted by molar-refractivity contribution is 0.317. The molecule has 0 spiro atoms. The number of nitrogens with one attached hydrogen (secondary N) is 1. The fraction of sp³-hybridized carbons (Fsp3) is 0.600. The van der Waals surface area contributed by atoms with Crippen molar-refractivity contribution in [3.05, 3.63) is 29.8 Å². The average Bonchev–Trinajstić information content (AvgIpc) is 2.42. The van der Waals surface area contributed by atoms with Crippen molar-refractivity contribution in [1.82, 2.24) is 5.32 Å². The highest BCUT2D eigenvalue weighted by Gasteiger charge is 2.11. The van der Waals surface area contributed by atoms with E-state index < -0.39 is 0 Å². The van der Waals surface area contributed by atoms with Crippen LogP contribution in [0.1, 0.15) is 45.2 Å². The van der Waals surface area contributed by atoms with Crippen LogP contribution >= 0.6 is 0 Å². The van der Waals surface area contributed by atoms with Crippen LogP contribution in [-0.4, -0.2) is 19.2 Å². The van der Waals surface area contributed by atoms with E-state index >= 15 is 0 Å². The Morgan fingerprint density at radius 3 is 2.39 bits per heavy atom. The average molecular weight is 250 g/mol. The summed E-state index contributed by atoms with van der Waals surface area (Å²) in [5, 5.41) is 3.53. The molecule has 3 N–H and O–H groups in total. The number of nitrogens with two attached hydrogens (primary N) is 1. The second kappa shape index (κ2) is 8.11. The van der Waals surface area contributed by atoms with Crippen LogP contribution in [0.2, 0.25) is 0 Å². The molecule has 1 rings (SSSR count). The van der Waals surface area contributed by atoms with Gasteiger partial charge in [0, 0.05) is 18.6 Å². The van der Waals surface area contributed by atoms with Crippen molar-refractivity contribution in [3.8, 4) is 5.75 Å². The van der Waals surface area contributed by atoms with Crippen LogP contribution in [0.5, 0.6) is 5.75 Å².